The Morgan fingerprint density at radius 1 is 1.16 bits per heavy atom. The zero-order valence-corrected chi connectivity index (χ0v) is 15.0. The molecule has 1 N–H and O–H groups in total. The number of anilines is 2. The number of benzene rings is 2. The second-order valence-corrected chi connectivity index (χ2v) is 6.16. The maximum absolute atomic E-state index is 12.4. The van der Waals surface area contributed by atoms with E-state index in [-0.39, 0.29) is 5.97 Å². The Bertz CT molecular complexity index is 948. The highest BCUT2D eigenvalue weighted by molar-refractivity contribution is 6.06. The molecule has 1 aromatic heterocycles. The fourth-order valence-corrected chi connectivity index (χ4v) is 2.83. The molecule has 0 saturated carbocycles. The molecule has 1 heterocycles. The molecule has 0 atom stereocenters. The molecule has 0 bridgehead atoms. The molecule has 2 aromatic carbocycles. The first-order valence-electron chi connectivity index (χ1n) is 8.41. The van der Waals surface area contributed by atoms with Crippen LogP contribution in [-0.2, 0) is 4.74 Å². The Morgan fingerprint density at radius 3 is 2.72 bits per heavy atom. The van der Waals surface area contributed by atoms with Crippen molar-refractivity contribution in [3.05, 3.63) is 64.8 Å². The largest absolute Gasteiger partial charge is 0.462 e. The van der Waals surface area contributed by atoms with E-state index in [0.29, 0.717) is 12.2 Å². The number of carbonyl (C=O) groups excluding carboxylic acids is 1. The molecular formula is C21H22N2O2. The Labute approximate surface area is 147 Å². The first-order valence-corrected chi connectivity index (χ1v) is 8.41. The van der Waals surface area contributed by atoms with Gasteiger partial charge in [-0.1, -0.05) is 23.8 Å². The van der Waals surface area contributed by atoms with Crippen LogP contribution in [0, 0.1) is 20.8 Å². The van der Waals surface area contributed by atoms with Gasteiger partial charge in [-0.3, -0.25) is 4.98 Å². The van der Waals surface area contributed by atoms with Gasteiger partial charge >= 0.3 is 5.97 Å². The molecule has 128 valence electrons. The minimum atomic E-state index is -0.369. The monoisotopic (exact) mass is 334 g/mol. The van der Waals surface area contributed by atoms with Crippen LogP contribution in [0.4, 0.5) is 11.4 Å². The van der Waals surface area contributed by atoms with E-state index in [1.807, 2.05) is 37.3 Å². The lowest BCUT2D eigenvalue weighted by atomic mass is 10.0. The summed E-state index contributed by atoms with van der Waals surface area (Å²) in [6, 6.07) is 12.1. The van der Waals surface area contributed by atoms with Gasteiger partial charge in [-0.25, -0.2) is 4.79 Å². The summed E-state index contributed by atoms with van der Waals surface area (Å²) in [6.45, 7) is 8.29. The summed E-state index contributed by atoms with van der Waals surface area (Å²) in [4.78, 5) is 16.9. The number of hydrogen-bond donors (Lipinski definition) is 1. The van der Waals surface area contributed by atoms with Crippen LogP contribution < -0.4 is 5.32 Å². The van der Waals surface area contributed by atoms with Gasteiger partial charge in [-0.15, -0.1) is 0 Å². The van der Waals surface area contributed by atoms with E-state index in [2.05, 4.69) is 30.2 Å². The molecule has 0 fully saturated rings. The molecule has 3 aromatic rings. The van der Waals surface area contributed by atoms with Gasteiger partial charge in [-0.2, -0.15) is 0 Å². The Morgan fingerprint density at radius 2 is 1.96 bits per heavy atom. The predicted octanol–water partition coefficient (Wildman–Crippen LogP) is 5.08. The molecule has 0 aliphatic rings. The molecular weight excluding hydrogens is 312 g/mol. The van der Waals surface area contributed by atoms with E-state index in [1.165, 1.54) is 5.56 Å². The highest BCUT2D eigenvalue weighted by atomic mass is 16.5. The van der Waals surface area contributed by atoms with Crippen molar-refractivity contribution in [1.82, 2.24) is 4.98 Å². The Kier molecular flexibility index (Phi) is 4.70. The molecule has 0 amide bonds. The third kappa shape index (κ3) is 3.33. The van der Waals surface area contributed by atoms with Crippen molar-refractivity contribution in [2.45, 2.75) is 27.7 Å². The van der Waals surface area contributed by atoms with Gasteiger partial charge in [-0.05, 0) is 57.0 Å². The van der Waals surface area contributed by atoms with Crippen LogP contribution in [0.15, 0.2) is 42.6 Å². The van der Waals surface area contributed by atoms with Crippen LogP contribution in [-0.4, -0.2) is 17.6 Å². The zero-order chi connectivity index (χ0) is 18.0. The Balaban J connectivity index is 2.21. The SMILES string of the molecule is CCOC(=O)c1cnc2ccc(C)cc2c1Nc1cccc(C)c1C. The second kappa shape index (κ2) is 6.93. The number of esters is 1. The number of fused-ring (bicyclic) bond motifs is 1. The van der Waals surface area contributed by atoms with Gasteiger partial charge in [0, 0.05) is 17.3 Å². The zero-order valence-electron chi connectivity index (χ0n) is 15.0. The van der Waals surface area contributed by atoms with E-state index in [9.17, 15) is 4.79 Å². The number of rotatable bonds is 4. The summed E-state index contributed by atoms with van der Waals surface area (Å²) in [5.74, 6) is -0.369. The number of aryl methyl sites for hydroxylation is 2. The van der Waals surface area contributed by atoms with E-state index >= 15 is 0 Å². The summed E-state index contributed by atoms with van der Waals surface area (Å²) in [7, 11) is 0. The summed E-state index contributed by atoms with van der Waals surface area (Å²) in [5.41, 5.74) is 6.44. The van der Waals surface area contributed by atoms with Crippen LogP contribution >= 0.6 is 0 Å². The lowest BCUT2D eigenvalue weighted by Crippen LogP contribution is -2.10. The smallest absolute Gasteiger partial charge is 0.341 e. The maximum Gasteiger partial charge on any atom is 0.341 e. The molecule has 0 unspecified atom stereocenters. The third-order valence-corrected chi connectivity index (χ3v) is 4.38. The van der Waals surface area contributed by atoms with Crippen LogP contribution in [0.3, 0.4) is 0 Å². The number of nitrogens with zero attached hydrogens (tertiary/aromatic N) is 1. The van der Waals surface area contributed by atoms with Crippen molar-refractivity contribution in [3.63, 3.8) is 0 Å². The standard InChI is InChI=1S/C21H22N2O2/c1-5-25-21(24)17-12-22-19-10-9-13(2)11-16(19)20(17)23-18-8-6-7-14(3)15(18)4/h6-12H,5H2,1-4H3,(H,22,23). The average Bonchev–Trinajstić information content (AvgIpc) is 2.59. The fourth-order valence-electron chi connectivity index (χ4n) is 2.83. The lowest BCUT2D eigenvalue weighted by Gasteiger charge is -2.16. The topological polar surface area (TPSA) is 51.2 Å². The van der Waals surface area contributed by atoms with Crippen LogP contribution in [0.25, 0.3) is 10.9 Å². The van der Waals surface area contributed by atoms with Crippen molar-refractivity contribution < 1.29 is 9.53 Å². The molecule has 0 saturated heterocycles. The molecule has 4 nitrogen and oxygen atoms in total. The highest BCUT2D eigenvalue weighted by Crippen LogP contribution is 2.32. The molecule has 0 spiro atoms. The summed E-state index contributed by atoms with van der Waals surface area (Å²) in [5, 5.41) is 4.36. The number of hydrogen-bond acceptors (Lipinski definition) is 4. The number of carbonyl (C=O) groups is 1. The minimum Gasteiger partial charge on any atom is -0.462 e. The van der Waals surface area contributed by atoms with E-state index in [1.54, 1.807) is 13.1 Å². The van der Waals surface area contributed by atoms with Gasteiger partial charge in [0.25, 0.3) is 0 Å². The fraction of sp³-hybridized carbons (Fsp3) is 0.238. The molecule has 25 heavy (non-hydrogen) atoms. The van der Waals surface area contributed by atoms with Crippen molar-refractivity contribution in [2.24, 2.45) is 0 Å². The Hall–Kier alpha value is -2.88. The van der Waals surface area contributed by atoms with Gasteiger partial charge in [0.2, 0.25) is 0 Å². The summed E-state index contributed by atoms with van der Waals surface area (Å²) < 4.78 is 5.22. The highest BCUT2D eigenvalue weighted by Gasteiger charge is 2.17. The van der Waals surface area contributed by atoms with E-state index in [4.69, 9.17) is 4.74 Å². The van der Waals surface area contributed by atoms with Gasteiger partial charge in [0.05, 0.1) is 17.8 Å². The van der Waals surface area contributed by atoms with Crippen molar-refractivity contribution >= 4 is 28.2 Å². The molecule has 0 aliphatic carbocycles. The van der Waals surface area contributed by atoms with Gasteiger partial charge < -0.3 is 10.1 Å². The number of aromatic nitrogens is 1. The van der Waals surface area contributed by atoms with E-state index in [0.717, 1.165) is 33.4 Å². The first kappa shape index (κ1) is 17.0. The van der Waals surface area contributed by atoms with Gasteiger partial charge in [0.15, 0.2) is 0 Å². The quantitative estimate of drug-likeness (QED) is 0.676. The molecule has 3 rings (SSSR count). The molecule has 4 heteroatoms. The molecule has 0 radical (unpaired) electrons. The predicted molar refractivity (Wildman–Crippen MR) is 102 cm³/mol. The van der Waals surface area contributed by atoms with E-state index < -0.39 is 0 Å². The summed E-state index contributed by atoms with van der Waals surface area (Å²) in [6.07, 6.45) is 1.59. The van der Waals surface area contributed by atoms with Crippen LogP contribution in [0.2, 0.25) is 0 Å². The number of nitrogens with one attached hydrogen (secondary N) is 1. The van der Waals surface area contributed by atoms with Crippen molar-refractivity contribution in [2.75, 3.05) is 11.9 Å². The third-order valence-electron chi connectivity index (χ3n) is 4.38. The minimum absolute atomic E-state index is 0.327. The number of ether oxygens (including phenoxy) is 1. The van der Waals surface area contributed by atoms with Crippen LogP contribution in [0.1, 0.15) is 34.0 Å². The average molecular weight is 334 g/mol. The number of pyridine rings is 1. The second-order valence-electron chi connectivity index (χ2n) is 6.16. The molecule has 0 aliphatic heterocycles. The van der Waals surface area contributed by atoms with Gasteiger partial charge in [0.1, 0.15) is 5.56 Å². The summed E-state index contributed by atoms with van der Waals surface area (Å²) >= 11 is 0. The normalized spacial score (nSPS) is 10.7. The maximum atomic E-state index is 12.4. The van der Waals surface area contributed by atoms with Crippen molar-refractivity contribution in [1.29, 1.82) is 0 Å². The van der Waals surface area contributed by atoms with Crippen LogP contribution in [0.5, 0.6) is 0 Å². The van der Waals surface area contributed by atoms with Crippen molar-refractivity contribution in [3.8, 4) is 0 Å². The lowest BCUT2D eigenvalue weighted by molar-refractivity contribution is 0.0527. The first-order chi connectivity index (χ1) is 12.0.